The lowest BCUT2D eigenvalue weighted by Crippen LogP contribution is -2.37. The summed E-state index contributed by atoms with van der Waals surface area (Å²) in [6, 6.07) is 7.38. The van der Waals surface area contributed by atoms with Gasteiger partial charge in [-0.05, 0) is 55.4 Å². The second-order valence-corrected chi connectivity index (χ2v) is 9.87. The van der Waals surface area contributed by atoms with Gasteiger partial charge in [-0.25, -0.2) is 0 Å². The molecule has 4 nitrogen and oxygen atoms in total. The largest absolute Gasteiger partial charge is 0.343 e. The van der Waals surface area contributed by atoms with E-state index in [1.54, 1.807) is 17.0 Å². The van der Waals surface area contributed by atoms with E-state index < -0.39 is 0 Å². The number of hydrogen-bond donors (Lipinski definition) is 0. The number of unbranched alkanes of at least 4 members (excludes halogenated alkanes) is 2. The van der Waals surface area contributed by atoms with Gasteiger partial charge >= 0.3 is 0 Å². The van der Waals surface area contributed by atoms with Gasteiger partial charge in [-0.15, -0.1) is 0 Å². The molecule has 2 aliphatic heterocycles. The van der Waals surface area contributed by atoms with Crippen LogP contribution < -0.4 is 0 Å². The second kappa shape index (κ2) is 10.6. The lowest BCUT2D eigenvalue weighted by atomic mass is 9.99. The summed E-state index contributed by atoms with van der Waals surface area (Å²) in [5, 5.41) is 0.669. The summed E-state index contributed by atoms with van der Waals surface area (Å²) in [4.78, 5) is 29.3. The molecule has 0 saturated carbocycles. The average molecular weight is 451 g/mol. The van der Waals surface area contributed by atoms with Gasteiger partial charge in [-0.1, -0.05) is 61.1 Å². The van der Waals surface area contributed by atoms with Gasteiger partial charge in [-0.3, -0.25) is 14.5 Å². The number of amides is 2. The van der Waals surface area contributed by atoms with Crippen LogP contribution in [0.15, 0.2) is 29.2 Å². The Bertz CT molecular complexity index is 787. The summed E-state index contributed by atoms with van der Waals surface area (Å²) < 4.78 is 0.605. The van der Waals surface area contributed by atoms with Gasteiger partial charge < -0.3 is 4.90 Å². The van der Waals surface area contributed by atoms with Crippen molar-refractivity contribution in [2.24, 2.45) is 5.92 Å². The molecule has 2 saturated heterocycles. The van der Waals surface area contributed by atoms with Crippen LogP contribution in [0.2, 0.25) is 5.02 Å². The molecule has 29 heavy (non-hydrogen) atoms. The summed E-state index contributed by atoms with van der Waals surface area (Å²) in [5.41, 5.74) is 0.931. The number of piperidine rings is 1. The Morgan fingerprint density at radius 3 is 2.59 bits per heavy atom. The normalized spacial score (nSPS) is 19.4. The average Bonchev–Trinajstić information content (AvgIpc) is 2.97. The number of benzene rings is 1. The van der Waals surface area contributed by atoms with E-state index in [9.17, 15) is 9.59 Å². The van der Waals surface area contributed by atoms with E-state index in [-0.39, 0.29) is 11.8 Å². The SMILES string of the molecule is CC1CCN(C(=O)CCCCCN2C(=O)C(=Cc3ccc(Cl)cc3)SC2=S)CC1. The van der Waals surface area contributed by atoms with Crippen LogP contribution in [0.1, 0.15) is 51.0 Å². The molecule has 0 spiro atoms. The summed E-state index contributed by atoms with van der Waals surface area (Å²) in [6.45, 7) is 4.66. The lowest BCUT2D eigenvalue weighted by Gasteiger charge is -2.30. The molecule has 2 heterocycles. The quantitative estimate of drug-likeness (QED) is 0.318. The Morgan fingerprint density at radius 1 is 1.21 bits per heavy atom. The predicted molar refractivity (Wildman–Crippen MR) is 125 cm³/mol. The minimum atomic E-state index is -0.0338. The van der Waals surface area contributed by atoms with E-state index in [0.717, 1.165) is 56.7 Å². The Kier molecular flexibility index (Phi) is 8.16. The number of thiocarbonyl (C=S) groups is 1. The molecule has 1 aromatic carbocycles. The summed E-state index contributed by atoms with van der Waals surface area (Å²) in [7, 11) is 0. The summed E-state index contributed by atoms with van der Waals surface area (Å²) >= 11 is 12.6. The highest BCUT2D eigenvalue weighted by Crippen LogP contribution is 2.33. The molecule has 0 atom stereocenters. The highest BCUT2D eigenvalue weighted by atomic mass is 35.5. The van der Waals surface area contributed by atoms with Gasteiger partial charge in [0.2, 0.25) is 5.91 Å². The standard InChI is InChI=1S/C22H27ClN2O2S2/c1-16-10-13-24(14-11-16)20(26)5-3-2-4-12-25-21(27)19(29-22(25)28)15-17-6-8-18(23)9-7-17/h6-9,15-16H,2-5,10-14H2,1H3. The zero-order valence-corrected chi connectivity index (χ0v) is 19.1. The minimum absolute atomic E-state index is 0.0338. The second-order valence-electron chi connectivity index (χ2n) is 7.76. The highest BCUT2D eigenvalue weighted by Gasteiger charge is 2.31. The van der Waals surface area contributed by atoms with E-state index in [1.807, 2.05) is 23.1 Å². The van der Waals surface area contributed by atoms with E-state index in [2.05, 4.69) is 6.92 Å². The van der Waals surface area contributed by atoms with Crippen LogP contribution in [0.4, 0.5) is 0 Å². The van der Waals surface area contributed by atoms with Gasteiger partial charge in [0, 0.05) is 31.1 Å². The molecular formula is C22H27ClN2O2S2. The van der Waals surface area contributed by atoms with Crippen LogP contribution in [0.25, 0.3) is 6.08 Å². The van der Waals surface area contributed by atoms with Crippen molar-refractivity contribution in [1.82, 2.24) is 9.80 Å². The fraction of sp³-hybridized carbons (Fsp3) is 0.500. The van der Waals surface area contributed by atoms with Crippen LogP contribution in [-0.4, -0.2) is 45.6 Å². The molecule has 156 valence electrons. The number of rotatable bonds is 7. The molecule has 0 N–H and O–H groups in total. The molecule has 7 heteroatoms. The Hall–Kier alpha value is -1.37. The van der Waals surface area contributed by atoms with Gasteiger partial charge in [-0.2, -0.15) is 0 Å². The predicted octanol–water partition coefficient (Wildman–Crippen LogP) is 5.36. The van der Waals surface area contributed by atoms with Gasteiger partial charge in [0.05, 0.1) is 4.91 Å². The van der Waals surface area contributed by atoms with Crippen molar-refractivity contribution in [2.75, 3.05) is 19.6 Å². The van der Waals surface area contributed by atoms with Gasteiger partial charge in [0.25, 0.3) is 5.91 Å². The van der Waals surface area contributed by atoms with Crippen molar-refractivity contribution in [3.63, 3.8) is 0 Å². The third kappa shape index (κ3) is 6.30. The maximum Gasteiger partial charge on any atom is 0.266 e. The van der Waals surface area contributed by atoms with Crippen LogP contribution >= 0.6 is 35.6 Å². The number of nitrogens with zero attached hydrogens (tertiary/aromatic N) is 2. The van der Waals surface area contributed by atoms with E-state index in [0.29, 0.717) is 27.2 Å². The zero-order chi connectivity index (χ0) is 20.8. The Labute approximate surface area is 187 Å². The summed E-state index contributed by atoms with van der Waals surface area (Å²) in [5.74, 6) is 0.972. The first-order valence-corrected chi connectivity index (χ1v) is 11.8. The maximum absolute atomic E-state index is 12.7. The number of hydrogen-bond acceptors (Lipinski definition) is 4. The molecule has 3 rings (SSSR count). The topological polar surface area (TPSA) is 40.6 Å². The molecule has 0 radical (unpaired) electrons. The van der Waals surface area contributed by atoms with Crippen molar-refractivity contribution < 1.29 is 9.59 Å². The van der Waals surface area contributed by atoms with Crippen LogP contribution in [0.3, 0.4) is 0 Å². The monoisotopic (exact) mass is 450 g/mol. The van der Waals surface area contributed by atoms with Crippen molar-refractivity contribution in [2.45, 2.75) is 45.4 Å². The Balaban J connectivity index is 1.40. The number of carbonyl (C=O) groups is 2. The first-order chi connectivity index (χ1) is 13.9. The summed E-state index contributed by atoms with van der Waals surface area (Å²) in [6.07, 6.45) is 7.32. The minimum Gasteiger partial charge on any atom is -0.343 e. The molecule has 0 unspecified atom stereocenters. The number of carbonyl (C=O) groups excluding carboxylic acids is 2. The van der Waals surface area contributed by atoms with Gasteiger partial charge in [0.1, 0.15) is 4.32 Å². The molecule has 2 aliphatic rings. The third-order valence-electron chi connectivity index (χ3n) is 5.45. The smallest absolute Gasteiger partial charge is 0.266 e. The molecule has 2 fully saturated rings. The number of likely N-dealkylation sites (tertiary alicyclic amines) is 1. The van der Waals surface area contributed by atoms with Crippen LogP contribution in [0, 0.1) is 5.92 Å². The molecule has 0 bridgehead atoms. The van der Waals surface area contributed by atoms with Crippen molar-refractivity contribution in [3.8, 4) is 0 Å². The molecule has 0 aliphatic carbocycles. The highest BCUT2D eigenvalue weighted by molar-refractivity contribution is 8.26. The zero-order valence-electron chi connectivity index (χ0n) is 16.7. The molecular weight excluding hydrogens is 424 g/mol. The molecule has 1 aromatic rings. The van der Waals surface area contributed by atoms with Crippen molar-refractivity contribution in [3.05, 3.63) is 39.8 Å². The Morgan fingerprint density at radius 2 is 1.90 bits per heavy atom. The third-order valence-corrected chi connectivity index (χ3v) is 7.08. The van der Waals surface area contributed by atoms with E-state index >= 15 is 0 Å². The first-order valence-electron chi connectivity index (χ1n) is 10.2. The lowest BCUT2D eigenvalue weighted by molar-refractivity contribution is -0.132. The van der Waals surface area contributed by atoms with Gasteiger partial charge in [0.15, 0.2) is 0 Å². The number of thioether (sulfide) groups is 1. The first kappa shape index (κ1) is 22.3. The molecule has 2 amide bonds. The van der Waals surface area contributed by atoms with Crippen LogP contribution in [0.5, 0.6) is 0 Å². The number of halogens is 1. The van der Waals surface area contributed by atoms with Crippen molar-refractivity contribution in [1.29, 1.82) is 0 Å². The van der Waals surface area contributed by atoms with Crippen LogP contribution in [-0.2, 0) is 9.59 Å². The fourth-order valence-corrected chi connectivity index (χ4v) is 4.98. The fourth-order valence-electron chi connectivity index (χ4n) is 3.54. The maximum atomic E-state index is 12.7. The van der Waals surface area contributed by atoms with E-state index in [4.69, 9.17) is 23.8 Å². The molecule has 0 aromatic heterocycles. The van der Waals surface area contributed by atoms with Crippen molar-refractivity contribution >= 4 is 57.8 Å². The van der Waals surface area contributed by atoms with E-state index in [1.165, 1.54) is 11.8 Å².